The van der Waals surface area contributed by atoms with Crippen molar-refractivity contribution in [2.45, 2.75) is 19.3 Å². The lowest BCUT2D eigenvalue weighted by Gasteiger charge is -2.14. The van der Waals surface area contributed by atoms with Crippen LogP contribution in [0.1, 0.15) is 27.0 Å². The van der Waals surface area contributed by atoms with Crippen LogP contribution in [-0.4, -0.2) is 15.9 Å². The molecular weight excluding hydrogens is 427 g/mol. The largest absolute Gasteiger partial charge is 0.420 e. The summed E-state index contributed by atoms with van der Waals surface area (Å²) in [6, 6.07) is 4.89. The number of halogens is 4. The first-order chi connectivity index (χ1) is 13.7. The van der Waals surface area contributed by atoms with Crippen LogP contribution in [0.5, 0.6) is 0 Å². The Bertz CT molecular complexity index is 1120. The lowest BCUT2D eigenvalue weighted by atomic mass is 10.1. The quantitative estimate of drug-likeness (QED) is 0.563. The Hall–Kier alpha value is -2.69. The van der Waals surface area contributed by atoms with Crippen molar-refractivity contribution in [3.63, 3.8) is 0 Å². The molecule has 0 saturated heterocycles. The Labute approximate surface area is 171 Å². The molecule has 11 heteroatoms. The lowest BCUT2D eigenvalue weighted by molar-refractivity contribution is -0.137. The molecule has 0 fully saturated rings. The number of aromatic nitrogens is 2. The number of carbonyl (C=O) groups is 1. The minimum atomic E-state index is -4.67. The molecule has 29 heavy (non-hydrogen) atoms. The molecule has 2 aromatic heterocycles. The zero-order valence-corrected chi connectivity index (χ0v) is 16.2. The van der Waals surface area contributed by atoms with Gasteiger partial charge in [-0.2, -0.15) is 13.2 Å². The van der Waals surface area contributed by atoms with Crippen LogP contribution >= 0.6 is 22.9 Å². The summed E-state index contributed by atoms with van der Waals surface area (Å²) in [5.41, 5.74) is 6.55. The van der Waals surface area contributed by atoms with E-state index in [9.17, 15) is 18.0 Å². The standard InChI is InChI=1S/C18H13ClF3N5OS/c19-12-1-8-4-24-5-9(8)2-13(12)26-17-25-6-11(18(20,21)22)15(27-17)14-3-10(7-29-14)16(23)28/h1-3,6-7,24H,4-5H2,(H2,23,28)(H,25,26,27). The van der Waals surface area contributed by atoms with Gasteiger partial charge in [-0.25, -0.2) is 9.97 Å². The van der Waals surface area contributed by atoms with E-state index in [4.69, 9.17) is 17.3 Å². The molecule has 1 aliphatic rings. The fraction of sp³-hybridized carbons (Fsp3) is 0.167. The summed E-state index contributed by atoms with van der Waals surface area (Å²) < 4.78 is 40.4. The van der Waals surface area contributed by atoms with E-state index < -0.39 is 17.6 Å². The monoisotopic (exact) mass is 439 g/mol. The van der Waals surface area contributed by atoms with Crippen molar-refractivity contribution < 1.29 is 18.0 Å². The molecule has 0 radical (unpaired) electrons. The third-order valence-corrected chi connectivity index (χ3v) is 5.63. The Morgan fingerprint density at radius 2 is 1.97 bits per heavy atom. The van der Waals surface area contributed by atoms with Gasteiger partial charge < -0.3 is 16.4 Å². The normalized spacial score (nSPS) is 13.4. The van der Waals surface area contributed by atoms with Crippen molar-refractivity contribution in [3.8, 4) is 10.6 Å². The number of nitrogens with one attached hydrogen (secondary N) is 2. The predicted octanol–water partition coefficient (Wildman–Crippen LogP) is 4.32. The first-order valence-electron chi connectivity index (χ1n) is 8.34. The number of nitrogens with zero attached hydrogens (tertiary/aromatic N) is 2. The van der Waals surface area contributed by atoms with Gasteiger partial charge in [-0.1, -0.05) is 11.6 Å². The Morgan fingerprint density at radius 1 is 1.24 bits per heavy atom. The van der Waals surface area contributed by atoms with Crippen molar-refractivity contribution in [2.24, 2.45) is 5.73 Å². The van der Waals surface area contributed by atoms with Crippen molar-refractivity contribution in [1.82, 2.24) is 15.3 Å². The number of amides is 1. The molecule has 1 aliphatic heterocycles. The number of carbonyl (C=O) groups excluding carboxylic acids is 1. The van der Waals surface area contributed by atoms with Gasteiger partial charge in [-0.15, -0.1) is 11.3 Å². The molecule has 3 heterocycles. The van der Waals surface area contributed by atoms with Crippen LogP contribution in [0.15, 0.2) is 29.8 Å². The smallest absolute Gasteiger partial charge is 0.366 e. The fourth-order valence-electron chi connectivity index (χ4n) is 2.96. The summed E-state index contributed by atoms with van der Waals surface area (Å²) in [4.78, 5) is 19.3. The van der Waals surface area contributed by atoms with Crippen LogP contribution in [0.4, 0.5) is 24.8 Å². The molecule has 4 rings (SSSR count). The van der Waals surface area contributed by atoms with Crippen LogP contribution in [0.3, 0.4) is 0 Å². The van der Waals surface area contributed by atoms with E-state index in [0.29, 0.717) is 30.0 Å². The number of fused-ring (bicyclic) bond motifs is 1. The number of benzene rings is 1. The number of anilines is 2. The van der Waals surface area contributed by atoms with Crippen LogP contribution in [0.25, 0.3) is 10.6 Å². The first-order valence-corrected chi connectivity index (χ1v) is 9.60. The van der Waals surface area contributed by atoms with Crippen molar-refractivity contribution >= 4 is 40.5 Å². The Kier molecular flexibility index (Phi) is 4.93. The molecule has 0 saturated carbocycles. The van der Waals surface area contributed by atoms with E-state index in [0.717, 1.165) is 22.5 Å². The third kappa shape index (κ3) is 3.91. The highest BCUT2D eigenvalue weighted by atomic mass is 35.5. The predicted molar refractivity (Wildman–Crippen MR) is 104 cm³/mol. The van der Waals surface area contributed by atoms with E-state index >= 15 is 0 Å². The number of nitrogens with two attached hydrogens (primary N) is 1. The van der Waals surface area contributed by atoms with Gasteiger partial charge in [0.15, 0.2) is 0 Å². The number of alkyl halides is 3. The van der Waals surface area contributed by atoms with Gasteiger partial charge in [0.25, 0.3) is 0 Å². The molecule has 1 aromatic carbocycles. The maximum absolute atomic E-state index is 13.5. The lowest BCUT2D eigenvalue weighted by Crippen LogP contribution is -2.11. The van der Waals surface area contributed by atoms with E-state index in [1.165, 1.54) is 11.4 Å². The molecule has 0 unspecified atom stereocenters. The van der Waals surface area contributed by atoms with Gasteiger partial charge in [0.05, 0.1) is 26.8 Å². The molecule has 0 spiro atoms. The zero-order chi connectivity index (χ0) is 20.8. The summed E-state index contributed by atoms with van der Waals surface area (Å²) >= 11 is 7.22. The average molecular weight is 440 g/mol. The molecule has 3 aromatic rings. The number of primary amides is 1. The third-order valence-electron chi connectivity index (χ3n) is 4.38. The van der Waals surface area contributed by atoms with E-state index in [-0.39, 0.29) is 22.1 Å². The van der Waals surface area contributed by atoms with Gasteiger partial charge in [0, 0.05) is 24.7 Å². The highest BCUT2D eigenvalue weighted by molar-refractivity contribution is 7.13. The number of thiophene rings is 1. The fourth-order valence-corrected chi connectivity index (χ4v) is 4.10. The molecule has 0 aliphatic carbocycles. The summed E-state index contributed by atoms with van der Waals surface area (Å²) in [5.74, 6) is -0.776. The summed E-state index contributed by atoms with van der Waals surface area (Å²) in [6.45, 7) is 1.38. The second-order valence-electron chi connectivity index (χ2n) is 6.35. The second-order valence-corrected chi connectivity index (χ2v) is 7.67. The van der Waals surface area contributed by atoms with Gasteiger partial charge >= 0.3 is 6.18 Å². The van der Waals surface area contributed by atoms with Gasteiger partial charge in [0.1, 0.15) is 5.56 Å². The maximum Gasteiger partial charge on any atom is 0.420 e. The van der Waals surface area contributed by atoms with E-state index in [2.05, 4.69) is 20.6 Å². The topological polar surface area (TPSA) is 92.9 Å². The minimum Gasteiger partial charge on any atom is -0.366 e. The molecule has 0 atom stereocenters. The van der Waals surface area contributed by atoms with Crippen LogP contribution in [0.2, 0.25) is 5.02 Å². The average Bonchev–Trinajstić information content (AvgIpc) is 3.30. The molecular formula is C18H13ClF3N5OS. The van der Waals surface area contributed by atoms with E-state index in [1.807, 2.05) is 6.07 Å². The zero-order valence-electron chi connectivity index (χ0n) is 14.6. The Balaban J connectivity index is 1.75. The summed E-state index contributed by atoms with van der Waals surface area (Å²) in [7, 11) is 0. The molecule has 150 valence electrons. The van der Waals surface area contributed by atoms with Crippen molar-refractivity contribution in [3.05, 3.63) is 57.1 Å². The number of hydrogen-bond acceptors (Lipinski definition) is 6. The molecule has 6 nitrogen and oxygen atoms in total. The summed E-state index contributed by atoms with van der Waals surface area (Å²) in [5, 5.41) is 7.87. The van der Waals surface area contributed by atoms with Crippen LogP contribution in [0, 0.1) is 0 Å². The molecule has 1 amide bonds. The van der Waals surface area contributed by atoms with Gasteiger partial charge in [-0.3, -0.25) is 4.79 Å². The highest BCUT2D eigenvalue weighted by Gasteiger charge is 2.36. The van der Waals surface area contributed by atoms with Gasteiger partial charge in [-0.05, 0) is 29.3 Å². The van der Waals surface area contributed by atoms with Gasteiger partial charge in [0.2, 0.25) is 11.9 Å². The summed E-state index contributed by atoms with van der Waals surface area (Å²) in [6.07, 6.45) is -3.96. The minimum absolute atomic E-state index is 0.0465. The number of hydrogen-bond donors (Lipinski definition) is 3. The Morgan fingerprint density at radius 3 is 2.62 bits per heavy atom. The highest BCUT2D eigenvalue weighted by Crippen LogP contribution is 2.39. The van der Waals surface area contributed by atoms with Crippen LogP contribution < -0.4 is 16.4 Å². The molecule has 4 N–H and O–H groups in total. The second kappa shape index (κ2) is 7.29. The van der Waals surface area contributed by atoms with Crippen molar-refractivity contribution in [2.75, 3.05) is 5.32 Å². The van der Waals surface area contributed by atoms with Crippen molar-refractivity contribution in [1.29, 1.82) is 0 Å². The van der Waals surface area contributed by atoms with Crippen LogP contribution in [-0.2, 0) is 19.3 Å². The SMILES string of the molecule is NC(=O)c1csc(-c2nc(Nc3cc4c(cc3Cl)CNC4)ncc2C(F)(F)F)c1. The maximum atomic E-state index is 13.5. The van der Waals surface area contributed by atoms with E-state index in [1.54, 1.807) is 6.07 Å². The molecule has 0 bridgehead atoms. The number of rotatable bonds is 4. The first kappa shape index (κ1) is 19.6.